The van der Waals surface area contributed by atoms with Gasteiger partial charge >= 0.3 is 0 Å². The van der Waals surface area contributed by atoms with Crippen molar-refractivity contribution in [3.8, 4) is 0 Å². The highest BCUT2D eigenvalue weighted by Gasteiger charge is 2.34. The Hall–Kier alpha value is -4.14. The molecule has 2 heteroatoms. The maximum absolute atomic E-state index is 2.55. The molecule has 0 spiro atoms. The fourth-order valence-electron chi connectivity index (χ4n) is 6.84. The van der Waals surface area contributed by atoms with E-state index in [1.165, 1.54) is 70.3 Å². The van der Waals surface area contributed by atoms with Crippen molar-refractivity contribution in [2.75, 3.05) is 4.90 Å². The largest absolute Gasteiger partial charge is 0.310 e. The van der Waals surface area contributed by atoms with Crippen LogP contribution in [0.5, 0.6) is 0 Å². The number of hydrogen-bond acceptors (Lipinski definition) is 2. The zero-order valence-electron chi connectivity index (χ0n) is 22.2. The third-order valence-corrected chi connectivity index (χ3v) is 9.86. The summed E-state index contributed by atoms with van der Waals surface area (Å²) in [5, 5.41) is 5.42. The number of hydrogen-bond donors (Lipinski definition) is 0. The quantitative estimate of drug-likeness (QED) is 0.225. The smallest absolute Gasteiger partial charge is 0.0497 e. The van der Waals surface area contributed by atoms with Crippen molar-refractivity contribution in [2.24, 2.45) is 5.92 Å². The van der Waals surface area contributed by atoms with Crippen LogP contribution < -0.4 is 4.90 Å². The average Bonchev–Trinajstić information content (AvgIpc) is 3.52. The van der Waals surface area contributed by atoms with Gasteiger partial charge in [0.25, 0.3) is 0 Å². The molecular formula is C37H29NS. The van der Waals surface area contributed by atoms with Gasteiger partial charge in [0.15, 0.2) is 0 Å². The third-order valence-electron chi connectivity index (χ3n) is 8.73. The number of thiophene rings is 1. The molecule has 2 unspecified atom stereocenters. The van der Waals surface area contributed by atoms with E-state index < -0.39 is 0 Å². The number of para-hydroxylation sites is 1. The summed E-state index contributed by atoms with van der Waals surface area (Å²) in [5.41, 5.74) is 9.34. The first-order valence-electron chi connectivity index (χ1n) is 13.8. The molecule has 1 aromatic heterocycles. The molecule has 0 radical (unpaired) electrons. The van der Waals surface area contributed by atoms with Crippen LogP contribution in [0.1, 0.15) is 28.2 Å². The van der Waals surface area contributed by atoms with Crippen molar-refractivity contribution in [2.45, 2.75) is 26.2 Å². The van der Waals surface area contributed by atoms with Gasteiger partial charge < -0.3 is 4.90 Å². The first kappa shape index (κ1) is 22.8. The summed E-state index contributed by atoms with van der Waals surface area (Å²) in [6.45, 7) is 4.49. The van der Waals surface area contributed by atoms with E-state index in [0.717, 1.165) is 6.42 Å². The Morgan fingerprint density at radius 1 is 0.692 bits per heavy atom. The normalized spacial score (nSPS) is 17.9. The second-order valence-corrected chi connectivity index (χ2v) is 12.1. The summed E-state index contributed by atoms with van der Waals surface area (Å²) in [7, 11) is 0. The molecule has 8 rings (SSSR count). The number of nitrogens with zero attached hydrogens (tertiary/aromatic N) is 1. The molecule has 0 aliphatic heterocycles. The lowest BCUT2D eigenvalue weighted by Gasteiger charge is -2.32. The molecule has 5 aromatic carbocycles. The van der Waals surface area contributed by atoms with E-state index in [-0.39, 0.29) is 0 Å². The predicted octanol–water partition coefficient (Wildman–Crippen LogP) is 10.4. The molecule has 0 saturated carbocycles. The number of rotatable bonds is 3. The van der Waals surface area contributed by atoms with Crippen molar-refractivity contribution in [1.29, 1.82) is 0 Å². The summed E-state index contributed by atoms with van der Waals surface area (Å²) < 4.78 is 2.70. The molecule has 1 nitrogen and oxygen atoms in total. The van der Waals surface area contributed by atoms with E-state index in [0.29, 0.717) is 11.8 Å². The van der Waals surface area contributed by atoms with Gasteiger partial charge in [-0.1, -0.05) is 84.9 Å². The van der Waals surface area contributed by atoms with E-state index in [9.17, 15) is 0 Å². The highest BCUT2D eigenvalue weighted by molar-refractivity contribution is 7.25. The summed E-state index contributed by atoms with van der Waals surface area (Å²) >= 11 is 1.89. The molecule has 1 heterocycles. The first-order valence-corrected chi connectivity index (χ1v) is 14.7. The second kappa shape index (κ2) is 8.69. The van der Waals surface area contributed by atoms with E-state index in [1.54, 1.807) is 0 Å². The van der Waals surface area contributed by atoms with E-state index in [1.807, 2.05) is 11.3 Å². The Kier molecular flexibility index (Phi) is 5.08. The highest BCUT2D eigenvalue weighted by atomic mass is 32.1. The molecule has 0 saturated heterocycles. The van der Waals surface area contributed by atoms with E-state index in [2.05, 4.69) is 134 Å². The van der Waals surface area contributed by atoms with Gasteiger partial charge in [-0.25, -0.2) is 0 Å². The lowest BCUT2D eigenvalue weighted by molar-refractivity contribution is 0.626. The predicted molar refractivity (Wildman–Crippen MR) is 168 cm³/mol. The average molecular weight is 520 g/mol. The molecule has 188 valence electrons. The Morgan fingerprint density at radius 2 is 1.49 bits per heavy atom. The molecule has 0 N–H and O–H groups in total. The van der Waals surface area contributed by atoms with Gasteiger partial charge in [-0.05, 0) is 89.6 Å². The fourth-order valence-corrected chi connectivity index (χ4v) is 8.02. The molecule has 0 amide bonds. The minimum Gasteiger partial charge on any atom is -0.310 e. The van der Waals surface area contributed by atoms with Gasteiger partial charge in [-0.3, -0.25) is 0 Å². The number of allylic oxidation sites excluding steroid dienone is 3. The Labute approximate surface area is 233 Å². The van der Waals surface area contributed by atoms with Gasteiger partial charge in [0.05, 0.1) is 0 Å². The van der Waals surface area contributed by atoms with Crippen LogP contribution >= 0.6 is 11.3 Å². The lowest BCUT2D eigenvalue weighted by atomic mass is 9.85. The van der Waals surface area contributed by atoms with Crippen LogP contribution in [-0.2, 0) is 6.42 Å². The molecule has 2 atom stereocenters. The van der Waals surface area contributed by atoms with Crippen LogP contribution in [-0.4, -0.2) is 0 Å². The van der Waals surface area contributed by atoms with Crippen LogP contribution in [0.3, 0.4) is 0 Å². The lowest BCUT2D eigenvalue weighted by Crippen LogP contribution is -2.21. The van der Waals surface area contributed by atoms with Crippen molar-refractivity contribution >= 4 is 53.7 Å². The molecule has 39 heavy (non-hydrogen) atoms. The van der Waals surface area contributed by atoms with Crippen molar-refractivity contribution in [1.82, 2.24) is 0 Å². The van der Waals surface area contributed by atoms with Crippen LogP contribution in [0.15, 0.2) is 121 Å². The second-order valence-electron chi connectivity index (χ2n) is 11.1. The van der Waals surface area contributed by atoms with Crippen LogP contribution in [0.25, 0.3) is 30.9 Å². The summed E-state index contributed by atoms with van der Waals surface area (Å²) in [4.78, 5) is 2.51. The summed E-state index contributed by atoms with van der Waals surface area (Å²) in [6, 6.07) is 35.9. The standard InChI is InChI=1S/C37H29NS/c1-23-9-3-7-13-33(23)38(34-22-32-30-12-6-8-14-35(30)39-36(32)19-24(34)2)28-18-17-26-20-27-16-15-25-10-4-5-11-29(25)37(27)31(26)21-28/h3-19,21-22,26,31H,20H2,1-2H3. The zero-order valence-corrected chi connectivity index (χ0v) is 23.0. The van der Waals surface area contributed by atoms with Crippen molar-refractivity contribution < 1.29 is 0 Å². The fraction of sp³-hybridized carbons (Fsp3) is 0.135. The zero-order chi connectivity index (χ0) is 26.1. The van der Waals surface area contributed by atoms with Crippen LogP contribution in [0, 0.1) is 19.8 Å². The Bertz CT molecular complexity index is 1990. The molecule has 2 aliphatic carbocycles. The molecular weight excluding hydrogens is 490 g/mol. The van der Waals surface area contributed by atoms with E-state index in [4.69, 9.17) is 0 Å². The highest BCUT2D eigenvalue weighted by Crippen LogP contribution is 2.48. The maximum atomic E-state index is 2.55. The van der Waals surface area contributed by atoms with E-state index >= 15 is 0 Å². The summed E-state index contributed by atoms with van der Waals surface area (Å²) in [6.07, 6.45) is 8.50. The monoisotopic (exact) mass is 519 g/mol. The van der Waals surface area contributed by atoms with Gasteiger partial charge in [0.2, 0.25) is 0 Å². The minimum atomic E-state index is 0.378. The first-order chi connectivity index (χ1) is 19.2. The maximum Gasteiger partial charge on any atom is 0.0497 e. The third kappa shape index (κ3) is 3.52. The molecule has 0 fully saturated rings. The van der Waals surface area contributed by atoms with Gasteiger partial charge in [-0.15, -0.1) is 11.3 Å². The SMILES string of the molecule is Cc1ccccc1N(C1=CC2c3c(ccc4ccccc34)CC2C=C1)c1cc2c(cc1C)sc1ccccc12. The van der Waals surface area contributed by atoms with Crippen molar-refractivity contribution in [3.63, 3.8) is 0 Å². The van der Waals surface area contributed by atoms with Crippen LogP contribution in [0.4, 0.5) is 11.4 Å². The minimum absolute atomic E-state index is 0.378. The molecule has 6 aromatic rings. The number of anilines is 2. The number of aryl methyl sites for hydroxylation is 2. The van der Waals surface area contributed by atoms with Crippen LogP contribution in [0.2, 0.25) is 0 Å². The summed E-state index contributed by atoms with van der Waals surface area (Å²) in [5.74, 6) is 0.890. The van der Waals surface area contributed by atoms with Gasteiger partial charge in [0, 0.05) is 43.2 Å². The Morgan fingerprint density at radius 3 is 2.38 bits per heavy atom. The van der Waals surface area contributed by atoms with Crippen molar-refractivity contribution in [3.05, 3.63) is 143 Å². The molecule has 0 bridgehead atoms. The van der Waals surface area contributed by atoms with Gasteiger partial charge in [0.1, 0.15) is 0 Å². The van der Waals surface area contributed by atoms with Gasteiger partial charge in [-0.2, -0.15) is 0 Å². The molecule has 2 aliphatic rings. The Balaban J connectivity index is 1.35. The topological polar surface area (TPSA) is 3.24 Å². The number of benzene rings is 5. The number of fused-ring (bicyclic) bond motifs is 8.